The van der Waals surface area contributed by atoms with Gasteiger partial charge in [-0.25, -0.2) is 4.68 Å². The van der Waals surface area contributed by atoms with Crippen LogP contribution in [0.3, 0.4) is 0 Å². The molecule has 0 radical (unpaired) electrons. The minimum atomic E-state index is -0.404. The monoisotopic (exact) mass is 340 g/mol. The Morgan fingerprint density at radius 3 is 2.88 bits per heavy atom. The summed E-state index contributed by atoms with van der Waals surface area (Å²) in [7, 11) is 0. The van der Waals surface area contributed by atoms with Gasteiger partial charge in [-0.3, -0.25) is 9.59 Å². The zero-order chi connectivity index (χ0) is 17.6. The van der Waals surface area contributed by atoms with Gasteiger partial charge in [-0.1, -0.05) is 18.2 Å². The van der Waals surface area contributed by atoms with Crippen LogP contribution in [-0.2, 0) is 0 Å². The molecule has 1 aromatic carbocycles. The third-order valence-electron chi connectivity index (χ3n) is 4.56. The molecule has 1 unspecified atom stereocenters. The topological polar surface area (TPSA) is 76.0 Å². The summed E-state index contributed by atoms with van der Waals surface area (Å²) in [6, 6.07) is 10.9. The number of carbonyl (C=O) groups is 1. The van der Waals surface area contributed by atoms with Crippen LogP contribution in [0.25, 0.3) is 5.69 Å². The molecule has 2 heterocycles. The largest absolute Gasteiger partial charge is 0.351 e. The molecule has 3 rings (SSSR count). The van der Waals surface area contributed by atoms with Crippen molar-refractivity contribution in [1.29, 1.82) is 0 Å². The smallest absolute Gasteiger partial charge is 0.275 e. The quantitative estimate of drug-likeness (QED) is 0.868. The van der Waals surface area contributed by atoms with Gasteiger partial charge in [0.2, 0.25) is 5.43 Å². The maximum absolute atomic E-state index is 12.4. The average molecular weight is 340 g/mol. The zero-order valence-electron chi connectivity index (χ0n) is 14.5. The van der Waals surface area contributed by atoms with Crippen LogP contribution in [0.1, 0.15) is 35.4 Å². The molecule has 1 aliphatic heterocycles. The first kappa shape index (κ1) is 17.4. The Bertz CT molecular complexity index is 780. The van der Waals surface area contributed by atoms with Crippen LogP contribution in [0.2, 0.25) is 0 Å². The minimum Gasteiger partial charge on any atom is -0.351 e. The maximum atomic E-state index is 12.4. The second kappa shape index (κ2) is 8.07. The van der Waals surface area contributed by atoms with Crippen LogP contribution in [-0.4, -0.2) is 35.3 Å². The Hall–Kier alpha value is -2.47. The van der Waals surface area contributed by atoms with Crippen LogP contribution in [0.4, 0.5) is 0 Å². The first-order valence-corrected chi connectivity index (χ1v) is 8.80. The predicted octanol–water partition coefficient (Wildman–Crippen LogP) is 1.66. The van der Waals surface area contributed by atoms with Crippen molar-refractivity contribution in [3.05, 3.63) is 58.0 Å². The number of benzene rings is 1. The fourth-order valence-electron chi connectivity index (χ4n) is 3.18. The van der Waals surface area contributed by atoms with Gasteiger partial charge in [0, 0.05) is 18.3 Å². The Labute approximate surface area is 147 Å². The summed E-state index contributed by atoms with van der Waals surface area (Å²) in [4.78, 5) is 24.6. The van der Waals surface area contributed by atoms with Gasteiger partial charge in [-0.15, -0.1) is 0 Å². The Balaban J connectivity index is 1.70. The van der Waals surface area contributed by atoms with E-state index in [-0.39, 0.29) is 11.1 Å². The number of aromatic nitrogens is 2. The highest BCUT2D eigenvalue weighted by Gasteiger charge is 2.17. The van der Waals surface area contributed by atoms with E-state index in [1.165, 1.54) is 18.9 Å². The number of para-hydroxylation sites is 1. The van der Waals surface area contributed by atoms with Gasteiger partial charge in [0.05, 0.1) is 5.69 Å². The molecule has 1 amide bonds. The molecule has 0 spiro atoms. The Morgan fingerprint density at radius 2 is 2.16 bits per heavy atom. The summed E-state index contributed by atoms with van der Waals surface area (Å²) in [5, 5.41) is 10.5. The fraction of sp³-hybridized carbons (Fsp3) is 0.421. The average Bonchev–Trinajstić information content (AvgIpc) is 2.63. The molecular formula is C19H24N4O2. The minimum absolute atomic E-state index is 0.0591. The maximum Gasteiger partial charge on any atom is 0.275 e. The van der Waals surface area contributed by atoms with Crippen LogP contribution in [0, 0.1) is 12.8 Å². The van der Waals surface area contributed by atoms with Crippen molar-refractivity contribution in [2.24, 2.45) is 5.92 Å². The zero-order valence-corrected chi connectivity index (χ0v) is 14.5. The van der Waals surface area contributed by atoms with Crippen LogP contribution in [0.5, 0.6) is 0 Å². The van der Waals surface area contributed by atoms with Crippen molar-refractivity contribution in [1.82, 2.24) is 20.4 Å². The van der Waals surface area contributed by atoms with Crippen LogP contribution in [0.15, 0.2) is 41.2 Å². The summed E-state index contributed by atoms with van der Waals surface area (Å²) >= 11 is 0. The standard InChI is InChI=1S/C19H24N4O2/c1-14-12-17(24)18(22-23(14)16-7-3-2-4-8-16)19(25)21-11-9-15-6-5-10-20-13-15/h2-4,7-8,12,15,20H,5-6,9-11,13H2,1H3,(H,21,25). The number of rotatable bonds is 5. The molecule has 2 N–H and O–H groups in total. The Morgan fingerprint density at radius 1 is 1.36 bits per heavy atom. The molecule has 2 aromatic rings. The van der Waals surface area contributed by atoms with E-state index in [1.807, 2.05) is 30.3 Å². The molecule has 0 saturated carbocycles. The van der Waals surface area contributed by atoms with Crippen molar-refractivity contribution < 1.29 is 4.79 Å². The van der Waals surface area contributed by atoms with E-state index < -0.39 is 5.91 Å². The molecule has 1 aromatic heterocycles. The second-order valence-electron chi connectivity index (χ2n) is 6.50. The van der Waals surface area contributed by atoms with Crippen molar-refractivity contribution in [2.45, 2.75) is 26.2 Å². The molecule has 1 aliphatic rings. The van der Waals surface area contributed by atoms with Gasteiger partial charge < -0.3 is 10.6 Å². The SMILES string of the molecule is Cc1cc(=O)c(C(=O)NCCC2CCCNC2)nn1-c1ccccc1. The number of hydrogen-bond donors (Lipinski definition) is 2. The van der Waals surface area contributed by atoms with Gasteiger partial charge in [-0.2, -0.15) is 5.10 Å². The summed E-state index contributed by atoms with van der Waals surface area (Å²) < 4.78 is 1.63. The van der Waals surface area contributed by atoms with Crippen molar-refractivity contribution in [3.63, 3.8) is 0 Å². The number of carbonyl (C=O) groups excluding carboxylic acids is 1. The Kier molecular flexibility index (Phi) is 5.60. The number of aryl methyl sites for hydroxylation is 1. The fourth-order valence-corrected chi connectivity index (χ4v) is 3.18. The number of piperidine rings is 1. The number of nitrogens with one attached hydrogen (secondary N) is 2. The summed E-state index contributed by atoms with van der Waals surface area (Å²) in [5.41, 5.74) is 1.11. The van der Waals surface area contributed by atoms with E-state index in [2.05, 4.69) is 15.7 Å². The highest BCUT2D eigenvalue weighted by atomic mass is 16.2. The van der Waals surface area contributed by atoms with E-state index in [4.69, 9.17) is 0 Å². The third-order valence-corrected chi connectivity index (χ3v) is 4.56. The molecule has 6 heteroatoms. The van der Waals surface area contributed by atoms with Gasteiger partial charge in [0.15, 0.2) is 5.69 Å². The van der Waals surface area contributed by atoms with Gasteiger partial charge in [0.25, 0.3) is 5.91 Å². The van der Waals surface area contributed by atoms with Crippen molar-refractivity contribution in [3.8, 4) is 5.69 Å². The summed E-state index contributed by atoms with van der Waals surface area (Å²) in [6.07, 6.45) is 3.28. The number of nitrogens with zero attached hydrogens (tertiary/aromatic N) is 2. The molecule has 132 valence electrons. The normalized spacial score (nSPS) is 17.2. The highest BCUT2D eigenvalue weighted by Crippen LogP contribution is 2.13. The van der Waals surface area contributed by atoms with E-state index in [0.717, 1.165) is 25.2 Å². The van der Waals surface area contributed by atoms with Gasteiger partial charge in [-0.05, 0) is 57.3 Å². The lowest BCUT2D eigenvalue weighted by Crippen LogP contribution is -2.35. The lowest BCUT2D eigenvalue weighted by atomic mass is 9.96. The molecular weight excluding hydrogens is 316 g/mol. The molecule has 0 aliphatic carbocycles. The van der Waals surface area contributed by atoms with Gasteiger partial charge >= 0.3 is 0 Å². The lowest BCUT2D eigenvalue weighted by Gasteiger charge is -2.22. The first-order valence-electron chi connectivity index (χ1n) is 8.80. The van der Waals surface area contributed by atoms with E-state index in [1.54, 1.807) is 11.6 Å². The van der Waals surface area contributed by atoms with Crippen LogP contribution >= 0.6 is 0 Å². The van der Waals surface area contributed by atoms with E-state index >= 15 is 0 Å². The summed E-state index contributed by atoms with van der Waals surface area (Å²) in [6.45, 7) is 4.44. The molecule has 6 nitrogen and oxygen atoms in total. The van der Waals surface area contributed by atoms with E-state index in [9.17, 15) is 9.59 Å². The lowest BCUT2D eigenvalue weighted by molar-refractivity contribution is 0.0942. The number of amides is 1. The van der Waals surface area contributed by atoms with Crippen molar-refractivity contribution >= 4 is 5.91 Å². The molecule has 1 fully saturated rings. The number of hydrogen-bond acceptors (Lipinski definition) is 4. The predicted molar refractivity (Wildman–Crippen MR) is 97.1 cm³/mol. The van der Waals surface area contributed by atoms with Gasteiger partial charge in [0.1, 0.15) is 0 Å². The summed E-state index contributed by atoms with van der Waals surface area (Å²) in [5.74, 6) is 0.180. The first-order chi connectivity index (χ1) is 12.1. The van der Waals surface area contributed by atoms with Crippen LogP contribution < -0.4 is 16.1 Å². The molecule has 1 atom stereocenters. The highest BCUT2D eigenvalue weighted by molar-refractivity contribution is 5.92. The second-order valence-corrected chi connectivity index (χ2v) is 6.50. The van der Waals surface area contributed by atoms with Crippen molar-refractivity contribution in [2.75, 3.05) is 19.6 Å². The molecule has 0 bridgehead atoms. The molecule has 25 heavy (non-hydrogen) atoms. The van der Waals surface area contributed by atoms with E-state index in [0.29, 0.717) is 18.2 Å². The molecule has 1 saturated heterocycles. The third kappa shape index (κ3) is 4.33.